The van der Waals surface area contributed by atoms with Crippen LogP contribution in [0.3, 0.4) is 0 Å². The molecule has 29 heavy (non-hydrogen) atoms. The second-order valence-electron chi connectivity index (χ2n) is 6.45. The van der Waals surface area contributed by atoms with Crippen molar-refractivity contribution in [2.24, 2.45) is 0 Å². The zero-order valence-corrected chi connectivity index (χ0v) is 17.6. The maximum atomic E-state index is 12.8. The lowest BCUT2D eigenvalue weighted by atomic mass is 10.1. The molecule has 1 N–H and O–H groups in total. The molecule has 0 saturated heterocycles. The summed E-state index contributed by atoms with van der Waals surface area (Å²) in [6.45, 7) is 3.92. The number of halogens is 1. The quantitative estimate of drug-likeness (QED) is 0.342. The zero-order chi connectivity index (χ0) is 21.0. The highest BCUT2D eigenvalue weighted by Crippen LogP contribution is 2.22. The van der Waals surface area contributed by atoms with Gasteiger partial charge in [-0.15, -0.1) is 0 Å². The van der Waals surface area contributed by atoms with Gasteiger partial charge in [-0.05, 0) is 43.7 Å². The van der Waals surface area contributed by atoms with Gasteiger partial charge in [0.15, 0.2) is 10.9 Å². The first-order chi connectivity index (χ1) is 13.9. The van der Waals surface area contributed by atoms with E-state index in [2.05, 4.69) is 10.3 Å². The summed E-state index contributed by atoms with van der Waals surface area (Å²) in [5.41, 5.74) is 1.26. The maximum Gasteiger partial charge on any atom is 0.262 e. The van der Waals surface area contributed by atoms with Crippen molar-refractivity contribution >= 4 is 51.6 Å². The van der Waals surface area contributed by atoms with Gasteiger partial charge in [0.2, 0.25) is 5.91 Å². The number of Topliss-reactive ketones (excluding diaryl/α,β-unsaturated/α-hetero) is 1. The van der Waals surface area contributed by atoms with E-state index in [0.29, 0.717) is 38.9 Å². The summed E-state index contributed by atoms with van der Waals surface area (Å²) in [5.74, 6) is -0.361. The predicted octanol–water partition coefficient (Wildman–Crippen LogP) is 4.39. The Labute approximate surface area is 177 Å². The molecule has 0 aliphatic rings. The summed E-state index contributed by atoms with van der Waals surface area (Å²) in [7, 11) is 0. The third kappa shape index (κ3) is 4.86. The molecule has 0 fully saturated rings. The first-order valence-electron chi connectivity index (χ1n) is 9.13. The minimum atomic E-state index is -0.285. The van der Waals surface area contributed by atoms with Gasteiger partial charge in [0.05, 0.1) is 22.3 Å². The Morgan fingerprint density at radius 2 is 1.97 bits per heavy atom. The standard InChI is InChI=1S/C21H20ClN3O3S/c1-3-10-25-20(28)16-9-8-14(22)11-18(16)24-21(25)29-12-19(27)23-17-7-5-4-6-15(17)13(2)26/h4-9,11H,3,10,12H2,1-2H3,(H,23,27). The van der Waals surface area contributed by atoms with Gasteiger partial charge in [-0.3, -0.25) is 19.0 Å². The van der Waals surface area contributed by atoms with E-state index in [-0.39, 0.29) is 23.0 Å². The molecule has 0 bridgehead atoms. The van der Waals surface area contributed by atoms with Gasteiger partial charge in [0.25, 0.3) is 5.56 Å². The molecule has 0 unspecified atom stereocenters. The largest absolute Gasteiger partial charge is 0.325 e. The van der Waals surface area contributed by atoms with Crippen LogP contribution in [0.25, 0.3) is 10.9 Å². The number of anilines is 1. The molecule has 2 aromatic carbocycles. The Kier molecular flexibility index (Phi) is 6.71. The van der Waals surface area contributed by atoms with E-state index in [1.54, 1.807) is 47.0 Å². The summed E-state index contributed by atoms with van der Waals surface area (Å²) in [6, 6.07) is 11.8. The predicted molar refractivity (Wildman–Crippen MR) is 117 cm³/mol. The molecule has 1 heterocycles. The van der Waals surface area contributed by atoms with Crippen molar-refractivity contribution in [2.45, 2.75) is 32.0 Å². The van der Waals surface area contributed by atoms with Crippen LogP contribution in [0.1, 0.15) is 30.6 Å². The van der Waals surface area contributed by atoms with Crippen LogP contribution in [0.2, 0.25) is 5.02 Å². The minimum absolute atomic E-state index is 0.0501. The van der Waals surface area contributed by atoms with Crippen molar-refractivity contribution in [1.29, 1.82) is 0 Å². The minimum Gasteiger partial charge on any atom is -0.325 e. The van der Waals surface area contributed by atoms with Crippen LogP contribution in [-0.4, -0.2) is 27.0 Å². The van der Waals surface area contributed by atoms with Crippen molar-refractivity contribution in [1.82, 2.24) is 9.55 Å². The van der Waals surface area contributed by atoms with Crippen molar-refractivity contribution in [3.63, 3.8) is 0 Å². The second-order valence-corrected chi connectivity index (χ2v) is 7.83. The van der Waals surface area contributed by atoms with E-state index >= 15 is 0 Å². The number of nitrogens with zero attached hydrogens (tertiary/aromatic N) is 2. The van der Waals surface area contributed by atoms with Crippen molar-refractivity contribution in [2.75, 3.05) is 11.1 Å². The Hall–Kier alpha value is -2.64. The van der Waals surface area contributed by atoms with Gasteiger partial charge < -0.3 is 5.32 Å². The number of aromatic nitrogens is 2. The van der Waals surface area contributed by atoms with Crippen LogP contribution >= 0.6 is 23.4 Å². The Bertz CT molecular complexity index is 1140. The first-order valence-corrected chi connectivity index (χ1v) is 10.5. The number of benzene rings is 2. The van der Waals surface area contributed by atoms with E-state index in [0.717, 1.165) is 6.42 Å². The van der Waals surface area contributed by atoms with Gasteiger partial charge in [-0.2, -0.15) is 0 Å². The average Bonchev–Trinajstić information content (AvgIpc) is 2.69. The van der Waals surface area contributed by atoms with Crippen molar-refractivity contribution < 1.29 is 9.59 Å². The molecule has 0 aliphatic carbocycles. The normalized spacial score (nSPS) is 10.9. The SMILES string of the molecule is CCCn1c(SCC(=O)Nc2ccccc2C(C)=O)nc2cc(Cl)ccc2c1=O. The lowest BCUT2D eigenvalue weighted by Crippen LogP contribution is -2.24. The molecular weight excluding hydrogens is 410 g/mol. The number of para-hydroxylation sites is 1. The van der Waals surface area contributed by atoms with Gasteiger partial charge in [-0.1, -0.05) is 42.4 Å². The number of hydrogen-bond acceptors (Lipinski definition) is 5. The fourth-order valence-corrected chi connectivity index (χ4v) is 3.91. The molecule has 3 aromatic rings. The van der Waals surface area contributed by atoms with Gasteiger partial charge in [0.1, 0.15) is 0 Å². The van der Waals surface area contributed by atoms with Crippen LogP contribution in [0.4, 0.5) is 5.69 Å². The molecule has 8 heteroatoms. The molecule has 0 radical (unpaired) electrons. The van der Waals surface area contributed by atoms with Crippen molar-refractivity contribution in [3.8, 4) is 0 Å². The number of nitrogens with one attached hydrogen (secondary N) is 1. The van der Waals surface area contributed by atoms with Crippen molar-refractivity contribution in [3.05, 3.63) is 63.4 Å². The fourth-order valence-electron chi connectivity index (χ4n) is 2.92. The monoisotopic (exact) mass is 429 g/mol. The number of fused-ring (bicyclic) bond motifs is 1. The van der Waals surface area contributed by atoms with E-state index in [9.17, 15) is 14.4 Å². The number of ketones is 1. The highest BCUT2D eigenvalue weighted by Gasteiger charge is 2.15. The second kappa shape index (κ2) is 9.24. The molecule has 6 nitrogen and oxygen atoms in total. The molecule has 0 spiro atoms. The maximum absolute atomic E-state index is 12.8. The van der Waals surface area contributed by atoms with E-state index < -0.39 is 0 Å². The highest BCUT2D eigenvalue weighted by atomic mass is 35.5. The smallest absolute Gasteiger partial charge is 0.262 e. The lowest BCUT2D eigenvalue weighted by Gasteiger charge is -2.13. The van der Waals surface area contributed by atoms with E-state index in [1.165, 1.54) is 18.7 Å². The molecule has 150 valence electrons. The fraction of sp³-hybridized carbons (Fsp3) is 0.238. The number of amides is 1. The molecule has 1 amide bonds. The summed E-state index contributed by atoms with van der Waals surface area (Å²) >= 11 is 7.21. The van der Waals surface area contributed by atoms with E-state index in [4.69, 9.17) is 11.6 Å². The molecule has 3 rings (SSSR count). The van der Waals surface area contributed by atoms with Crippen LogP contribution in [0, 0.1) is 0 Å². The molecule has 0 atom stereocenters. The molecule has 0 aliphatic heterocycles. The van der Waals surface area contributed by atoms with Crippen LogP contribution in [0.5, 0.6) is 0 Å². The summed E-state index contributed by atoms with van der Waals surface area (Å²) < 4.78 is 1.58. The van der Waals surface area contributed by atoms with Crippen LogP contribution in [0.15, 0.2) is 52.4 Å². The van der Waals surface area contributed by atoms with Crippen LogP contribution in [-0.2, 0) is 11.3 Å². The third-order valence-electron chi connectivity index (χ3n) is 4.24. The average molecular weight is 430 g/mol. The number of rotatable bonds is 7. The Balaban J connectivity index is 1.84. The van der Waals surface area contributed by atoms with Crippen LogP contribution < -0.4 is 10.9 Å². The van der Waals surface area contributed by atoms with Gasteiger partial charge >= 0.3 is 0 Å². The Morgan fingerprint density at radius 1 is 1.21 bits per heavy atom. The summed E-state index contributed by atoms with van der Waals surface area (Å²) in [6.07, 6.45) is 0.756. The topological polar surface area (TPSA) is 81.1 Å². The third-order valence-corrected chi connectivity index (χ3v) is 5.45. The van der Waals surface area contributed by atoms with Gasteiger partial charge in [-0.25, -0.2) is 4.98 Å². The number of carbonyl (C=O) groups is 2. The number of hydrogen-bond donors (Lipinski definition) is 1. The molecular formula is C21H20ClN3O3S. The lowest BCUT2D eigenvalue weighted by molar-refractivity contribution is -0.113. The molecule has 1 aromatic heterocycles. The summed E-state index contributed by atoms with van der Waals surface area (Å²) in [5, 5.41) is 4.20. The highest BCUT2D eigenvalue weighted by molar-refractivity contribution is 7.99. The van der Waals surface area contributed by atoms with E-state index in [1.807, 2.05) is 6.92 Å². The van der Waals surface area contributed by atoms with Gasteiger partial charge in [0, 0.05) is 17.1 Å². The number of carbonyl (C=O) groups excluding carboxylic acids is 2. The first kappa shape index (κ1) is 21.1. The summed E-state index contributed by atoms with van der Waals surface area (Å²) in [4.78, 5) is 41.6. The number of thioether (sulfide) groups is 1. The Morgan fingerprint density at radius 3 is 2.69 bits per heavy atom. The zero-order valence-electron chi connectivity index (χ0n) is 16.1. The molecule has 0 saturated carbocycles.